The number of carbonyl (C=O) groups is 1. The smallest absolute Gasteiger partial charge is 0.257 e. The highest BCUT2D eigenvalue weighted by molar-refractivity contribution is 7.89. The molecular formula is C20H25N3O3S. The average molecular weight is 388 g/mol. The lowest BCUT2D eigenvalue weighted by molar-refractivity contribution is 0.102. The summed E-state index contributed by atoms with van der Waals surface area (Å²) in [6, 6.07) is 13.0. The molecule has 0 atom stereocenters. The Bertz CT molecular complexity index is 905. The Morgan fingerprint density at radius 1 is 1.15 bits per heavy atom. The fourth-order valence-corrected chi connectivity index (χ4v) is 4.52. The lowest BCUT2D eigenvalue weighted by atomic mass is 9.90. The van der Waals surface area contributed by atoms with E-state index in [1.54, 1.807) is 11.2 Å². The molecule has 144 valence electrons. The van der Waals surface area contributed by atoms with Crippen LogP contribution in [0.5, 0.6) is 0 Å². The molecule has 3 rings (SSSR count). The van der Waals surface area contributed by atoms with Crippen molar-refractivity contribution in [2.75, 3.05) is 24.2 Å². The Morgan fingerprint density at radius 3 is 2.44 bits per heavy atom. The zero-order chi connectivity index (χ0) is 19.4. The van der Waals surface area contributed by atoms with Crippen molar-refractivity contribution in [1.82, 2.24) is 9.29 Å². The zero-order valence-electron chi connectivity index (χ0n) is 15.7. The van der Waals surface area contributed by atoms with Crippen molar-refractivity contribution >= 4 is 21.6 Å². The second-order valence-electron chi connectivity index (χ2n) is 6.78. The normalized spacial score (nSPS) is 16.2. The molecule has 1 saturated heterocycles. The Kier molecular flexibility index (Phi) is 5.92. The maximum atomic E-state index is 12.8. The monoisotopic (exact) mass is 387 g/mol. The third kappa shape index (κ3) is 4.54. The molecule has 1 aromatic carbocycles. The van der Waals surface area contributed by atoms with Gasteiger partial charge in [0.15, 0.2) is 0 Å². The van der Waals surface area contributed by atoms with Gasteiger partial charge in [-0.25, -0.2) is 12.7 Å². The van der Waals surface area contributed by atoms with Gasteiger partial charge in [0, 0.05) is 30.4 Å². The van der Waals surface area contributed by atoms with E-state index in [-0.39, 0.29) is 17.6 Å². The molecular weight excluding hydrogens is 362 g/mol. The number of anilines is 1. The van der Waals surface area contributed by atoms with E-state index >= 15 is 0 Å². The number of piperidine rings is 1. The Hall–Kier alpha value is -2.25. The van der Waals surface area contributed by atoms with Crippen LogP contribution < -0.4 is 5.32 Å². The van der Waals surface area contributed by atoms with Crippen LogP contribution >= 0.6 is 0 Å². The topological polar surface area (TPSA) is 79.4 Å². The van der Waals surface area contributed by atoms with E-state index in [1.807, 2.05) is 49.4 Å². The summed E-state index contributed by atoms with van der Waals surface area (Å²) in [6.07, 6.45) is 1.34. The maximum absolute atomic E-state index is 12.8. The molecule has 0 aliphatic carbocycles. The first kappa shape index (κ1) is 19.5. The fraction of sp³-hybridized carbons (Fsp3) is 0.400. The molecule has 0 saturated carbocycles. The van der Waals surface area contributed by atoms with Gasteiger partial charge >= 0.3 is 0 Å². The van der Waals surface area contributed by atoms with Crippen LogP contribution in [-0.2, 0) is 10.0 Å². The number of pyridine rings is 1. The highest BCUT2D eigenvalue weighted by Crippen LogP contribution is 2.31. The van der Waals surface area contributed by atoms with Crippen LogP contribution in [0.4, 0.5) is 5.69 Å². The molecule has 1 aliphatic heterocycles. The van der Waals surface area contributed by atoms with Gasteiger partial charge < -0.3 is 5.32 Å². The standard InChI is InChI=1S/C20H25N3O3S/c1-3-27(25,26)23-13-11-16(12-14-23)19-18(10-9-15(2)21-19)20(24)22-17-7-5-4-6-8-17/h4-10,16H,3,11-14H2,1-2H3,(H,22,24). The number of aromatic nitrogens is 1. The van der Waals surface area contributed by atoms with E-state index in [4.69, 9.17) is 0 Å². The van der Waals surface area contributed by atoms with Gasteiger partial charge in [0.2, 0.25) is 10.0 Å². The number of carbonyl (C=O) groups excluding carboxylic acids is 1. The van der Waals surface area contributed by atoms with Crippen molar-refractivity contribution in [3.8, 4) is 0 Å². The van der Waals surface area contributed by atoms with Crippen LogP contribution in [-0.4, -0.2) is 42.5 Å². The Labute approximate surface area is 160 Å². The van der Waals surface area contributed by atoms with E-state index in [0.29, 0.717) is 31.5 Å². The van der Waals surface area contributed by atoms with Crippen molar-refractivity contribution in [2.45, 2.75) is 32.6 Å². The summed E-state index contributed by atoms with van der Waals surface area (Å²) < 4.78 is 25.7. The van der Waals surface area contributed by atoms with Gasteiger partial charge in [-0.3, -0.25) is 9.78 Å². The van der Waals surface area contributed by atoms with E-state index < -0.39 is 10.0 Å². The van der Waals surface area contributed by atoms with Crippen LogP contribution in [0, 0.1) is 6.92 Å². The first-order valence-electron chi connectivity index (χ1n) is 9.22. The lowest BCUT2D eigenvalue weighted by Gasteiger charge is -2.31. The van der Waals surface area contributed by atoms with Gasteiger partial charge in [0.1, 0.15) is 0 Å². The van der Waals surface area contributed by atoms with Crippen LogP contribution in [0.2, 0.25) is 0 Å². The van der Waals surface area contributed by atoms with Gasteiger partial charge in [-0.15, -0.1) is 0 Å². The molecule has 0 unspecified atom stereocenters. The van der Waals surface area contributed by atoms with Gasteiger partial charge in [-0.2, -0.15) is 0 Å². The second kappa shape index (κ2) is 8.19. The van der Waals surface area contributed by atoms with Crippen LogP contribution in [0.15, 0.2) is 42.5 Å². The largest absolute Gasteiger partial charge is 0.322 e. The molecule has 1 amide bonds. The van der Waals surface area contributed by atoms with E-state index in [2.05, 4.69) is 10.3 Å². The molecule has 1 N–H and O–H groups in total. The molecule has 1 aliphatic rings. The third-order valence-corrected chi connectivity index (χ3v) is 6.82. The first-order chi connectivity index (χ1) is 12.9. The van der Waals surface area contributed by atoms with Gasteiger partial charge in [-0.1, -0.05) is 18.2 Å². The highest BCUT2D eigenvalue weighted by atomic mass is 32.2. The summed E-state index contributed by atoms with van der Waals surface area (Å²) in [5.74, 6) is 0.00231. The number of benzene rings is 1. The summed E-state index contributed by atoms with van der Waals surface area (Å²) >= 11 is 0. The molecule has 2 aromatic rings. The molecule has 0 spiro atoms. The van der Waals surface area contributed by atoms with Gasteiger partial charge in [-0.05, 0) is 51.0 Å². The SMILES string of the molecule is CCS(=O)(=O)N1CCC(c2nc(C)ccc2C(=O)Nc2ccccc2)CC1. The first-order valence-corrected chi connectivity index (χ1v) is 10.8. The molecule has 6 nitrogen and oxygen atoms in total. The molecule has 0 bridgehead atoms. The Balaban J connectivity index is 1.80. The van der Waals surface area contributed by atoms with Gasteiger partial charge in [0.05, 0.1) is 17.0 Å². The minimum absolute atomic E-state index is 0.0738. The number of hydrogen-bond acceptors (Lipinski definition) is 4. The summed E-state index contributed by atoms with van der Waals surface area (Å²) in [7, 11) is -3.17. The number of sulfonamides is 1. The van der Waals surface area contributed by atoms with E-state index in [9.17, 15) is 13.2 Å². The summed E-state index contributed by atoms with van der Waals surface area (Å²) in [6.45, 7) is 4.50. The van der Waals surface area contributed by atoms with Gasteiger partial charge in [0.25, 0.3) is 5.91 Å². The van der Waals surface area contributed by atoms with Crippen molar-refractivity contribution in [1.29, 1.82) is 0 Å². The van der Waals surface area contributed by atoms with Crippen molar-refractivity contribution in [3.05, 3.63) is 59.4 Å². The van der Waals surface area contributed by atoms with Crippen molar-refractivity contribution in [2.24, 2.45) is 0 Å². The minimum Gasteiger partial charge on any atom is -0.322 e. The summed E-state index contributed by atoms with van der Waals surface area (Å²) in [5.41, 5.74) is 2.90. The minimum atomic E-state index is -3.17. The number of amides is 1. The van der Waals surface area contributed by atoms with Crippen LogP contribution in [0.1, 0.15) is 47.4 Å². The molecule has 2 heterocycles. The molecule has 0 radical (unpaired) electrons. The molecule has 27 heavy (non-hydrogen) atoms. The average Bonchev–Trinajstić information content (AvgIpc) is 2.68. The number of para-hydroxylation sites is 1. The highest BCUT2D eigenvalue weighted by Gasteiger charge is 2.30. The predicted molar refractivity (Wildman–Crippen MR) is 106 cm³/mol. The zero-order valence-corrected chi connectivity index (χ0v) is 16.5. The van der Waals surface area contributed by atoms with E-state index in [0.717, 1.165) is 17.1 Å². The quantitative estimate of drug-likeness (QED) is 0.855. The fourth-order valence-electron chi connectivity index (χ4n) is 3.39. The van der Waals surface area contributed by atoms with Crippen LogP contribution in [0.3, 0.4) is 0 Å². The van der Waals surface area contributed by atoms with Crippen molar-refractivity contribution in [3.63, 3.8) is 0 Å². The molecule has 1 fully saturated rings. The summed E-state index contributed by atoms with van der Waals surface area (Å²) in [5, 5.41) is 2.91. The maximum Gasteiger partial charge on any atom is 0.257 e. The van der Waals surface area contributed by atoms with E-state index in [1.165, 1.54) is 0 Å². The number of nitrogens with zero attached hydrogens (tertiary/aromatic N) is 2. The second-order valence-corrected chi connectivity index (χ2v) is 9.04. The predicted octanol–water partition coefficient (Wildman–Crippen LogP) is 3.17. The third-order valence-electron chi connectivity index (χ3n) is 4.94. The number of rotatable bonds is 5. The van der Waals surface area contributed by atoms with Crippen LogP contribution in [0.25, 0.3) is 0 Å². The molecule has 1 aromatic heterocycles. The molecule has 7 heteroatoms. The summed E-state index contributed by atoms with van der Waals surface area (Å²) in [4.78, 5) is 17.4. The number of hydrogen-bond donors (Lipinski definition) is 1. The Morgan fingerprint density at radius 2 is 1.81 bits per heavy atom. The van der Waals surface area contributed by atoms with Crippen molar-refractivity contribution < 1.29 is 13.2 Å². The number of aryl methyl sites for hydroxylation is 1. The number of nitrogens with one attached hydrogen (secondary N) is 1. The lowest BCUT2D eigenvalue weighted by Crippen LogP contribution is -2.39.